The molecule has 0 saturated heterocycles. The second-order valence-electron chi connectivity index (χ2n) is 4.17. The van der Waals surface area contributed by atoms with Crippen LogP contribution in [0.3, 0.4) is 0 Å². The number of rotatable bonds is 7. The minimum atomic E-state index is -3.50. The fraction of sp³-hybridized carbons (Fsp3) is 0.385. The maximum atomic E-state index is 12.0. The summed E-state index contributed by atoms with van der Waals surface area (Å²) in [7, 11) is -0.401. The monoisotopic (exact) mass is 284 g/mol. The number of benzene rings is 1. The summed E-state index contributed by atoms with van der Waals surface area (Å²) in [6.07, 6.45) is 1.58. The van der Waals surface area contributed by atoms with E-state index < -0.39 is 10.2 Å². The number of hydrogen-bond donors (Lipinski definition) is 1. The van der Waals surface area contributed by atoms with Crippen molar-refractivity contribution in [2.24, 2.45) is 0 Å². The van der Waals surface area contributed by atoms with Crippen LogP contribution in [0.1, 0.15) is 12.5 Å². The minimum Gasteiger partial charge on any atom is -0.497 e. The van der Waals surface area contributed by atoms with Gasteiger partial charge in [0.15, 0.2) is 0 Å². The first-order valence-electron chi connectivity index (χ1n) is 5.89. The van der Waals surface area contributed by atoms with E-state index in [1.165, 1.54) is 11.4 Å². The highest BCUT2D eigenvalue weighted by atomic mass is 32.2. The van der Waals surface area contributed by atoms with E-state index in [9.17, 15) is 8.42 Å². The SMILES string of the molecule is C=C[C@H](C)N(C)S(=O)(=O)NCc1ccc(OC)cc1. The van der Waals surface area contributed by atoms with Crippen LogP contribution in [0, 0.1) is 0 Å². The number of hydrogen-bond acceptors (Lipinski definition) is 3. The lowest BCUT2D eigenvalue weighted by Gasteiger charge is -2.21. The zero-order chi connectivity index (χ0) is 14.5. The molecule has 6 heteroatoms. The van der Waals surface area contributed by atoms with E-state index >= 15 is 0 Å². The van der Waals surface area contributed by atoms with Crippen LogP contribution in [-0.4, -0.2) is 32.9 Å². The number of ether oxygens (including phenoxy) is 1. The molecular weight excluding hydrogens is 264 g/mol. The molecule has 19 heavy (non-hydrogen) atoms. The van der Waals surface area contributed by atoms with Gasteiger partial charge >= 0.3 is 0 Å². The van der Waals surface area contributed by atoms with Gasteiger partial charge in [-0.15, -0.1) is 6.58 Å². The van der Waals surface area contributed by atoms with Crippen LogP contribution >= 0.6 is 0 Å². The summed E-state index contributed by atoms with van der Waals surface area (Å²) in [5, 5.41) is 0. The first-order chi connectivity index (χ1) is 8.90. The van der Waals surface area contributed by atoms with E-state index in [4.69, 9.17) is 4.74 Å². The third-order valence-electron chi connectivity index (χ3n) is 2.91. The van der Waals surface area contributed by atoms with Gasteiger partial charge in [0.05, 0.1) is 7.11 Å². The number of nitrogens with zero attached hydrogens (tertiary/aromatic N) is 1. The average Bonchev–Trinajstić information content (AvgIpc) is 2.44. The summed E-state index contributed by atoms with van der Waals surface area (Å²) in [5.41, 5.74) is 0.865. The molecule has 0 amide bonds. The molecule has 1 rings (SSSR count). The molecule has 0 heterocycles. The molecule has 106 valence electrons. The molecule has 0 unspecified atom stereocenters. The molecule has 1 aromatic carbocycles. The molecule has 1 N–H and O–H groups in total. The van der Waals surface area contributed by atoms with Gasteiger partial charge < -0.3 is 4.74 Å². The predicted octanol–water partition coefficient (Wildman–Crippen LogP) is 1.54. The van der Waals surface area contributed by atoms with E-state index in [-0.39, 0.29) is 12.6 Å². The summed E-state index contributed by atoms with van der Waals surface area (Å²) >= 11 is 0. The zero-order valence-electron chi connectivity index (χ0n) is 11.5. The molecule has 5 nitrogen and oxygen atoms in total. The van der Waals surface area contributed by atoms with Crippen LogP contribution in [0.2, 0.25) is 0 Å². The summed E-state index contributed by atoms with van der Waals surface area (Å²) in [5.74, 6) is 0.740. The fourth-order valence-electron chi connectivity index (χ4n) is 1.39. The Morgan fingerprint density at radius 1 is 1.42 bits per heavy atom. The van der Waals surface area contributed by atoms with Crippen LogP contribution in [0.5, 0.6) is 5.75 Å². The van der Waals surface area contributed by atoms with Crippen molar-refractivity contribution in [3.05, 3.63) is 42.5 Å². The quantitative estimate of drug-likeness (QED) is 0.773. The molecule has 0 saturated carbocycles. The predicted molar refractivity (Wildman–Crippen MR) is 76.2 cm³/mol. The average molecular weight is 284 g/mol. The van der Waals surface area contributed by atoms with Crippen molar-refractivity contribution in [2.45, 2.75) is 19.5 Å². The third-order valence-corrected chi connectivity index (χ3v) is 4.51. The van der Waals surface area contributed by atoms with Crippen LogP contribution < -0.4 is 9.46 Å². The molecule has 0 radical (unpaired) electrons. The Balaban J connectivity index is 2.66. The van der Waals surface area contributed by atoms with E-state index in [1.807, 2.05) is 12.1 Å². The van der Waals surface area contributed by atoms with E-state index in [2.05, 4.69) is 11.3 Å². The molecule has 0 spiro atoms. The third kappa shape index (κ3) is 4.34. The van der Waals surface area contributed by atoms with E-state index in [1.54, 1.807) is 32.2 Å². The van der Waals surface area contributed by atoms with Gasteiger partial charge in [-0.3, -0.25) is 0 Å². The van der Waals surface area contributed by atoms with Gasteiger partial charge in [0.1, 0.15) is 5.75 Å². The summed E-state index contributed by atoms with van der Waals surface area (Å²) in [4.78, 5) is 0. The summed E-state index contributed by atoms with van der Waals surface area (Å²) < 4.78 is 32.8. The Morgan fingerprint density at radius 3 is 2.47 bits per heavy atom. The first kappa shape index (κ1) is 15.7. The largest absolute Gasteiger partial charge is 0.497 e. The van der Waals surface area contributed by atoms with Gasteiger partial charge in [-0.1, -0.05) is 18.2 Å². The summed E-state index contributed by atoms with van der Waals surface area (Å²) in [6, 6.07) is 6.96. The highest BCUT2D eigenvalue weighted by molar-refractivity contribution is 7.87. The van der Waals surface area contributed by atoms with Gasteiger partial charge in [0, 0.05) is 19.6 Å². The van der Waals surface area contributed by atoms with Gasteiger partial charge in [-0.05, 0) is 24.6 Å². The number of nitrogens with one attached hydrogen (secondary N) is 1. The molecule has 0 aliphatic rings. The molecule has 0 aliphatic heterocycles. The molecule has 0 aliphatic carbocycles. The fourth-order valence-corrected chi connectivity index (χ4v) is 2.46. The molecule has 1 atom stereocenters. The Hall–Kier alpha value is -1.37. The zero-order valence-corrected chi connectivity index (χ0v) is 12.3. The molecular formula is C13H20N2O3S. The molecule has 1 aromatic rings. The maximum Gasteiger partial charge on any atom is 0.280 e. The van der Waals surface area contributed by atoms with Crippen LogP contribution in [0.15, 0.2) is 36.9 Å². The number of methoxy groups -OCH3 is 1. The normalized spacial score (nSPS) is 13.3. The molecule has 0 bridgehead atoms. The Labute approximate surface area is 115 Å². The summed E-state index contributed by atoms with van der Waals surface area (Å²) in [6.45, 7) is 5.58. The van der Waals surface area contributed by atoms with Gasteiger partial charge in [0.25, 0.3) is 10.2 Å². The smallest absolute Gasteiger partial charge is 0.280 e. The van der Waals surface area contributed by atoms with Crippen LogP contribution in [0.25, 0.3) is 0 Å². The lowest BCUT2D eigenvalue weighted by atomic mass is 10.2. The highest BCUT2D eigenvalue weighted by Crippen LogP contribution is 2.11. The van der Waals surface area contributed by atoms with Crippen LogP contribution in [0.4, 0.5) is 0 Å². The highest BCUT2D eigenvalue weighted by Gasteiger charge is 2.20. The second-order valence-corrected chi connectivity index (χ2v) is 5.98. The van der Waals surface area contributed by atoms with Gasteiger partial charge in [-0.25, -0.2) is 0 Å². The standard InChI is InChI=1S/C13H20N2O3S/c1-5-11(2)15(3)19(16,17)14-10-12-6-8-13(18-4)9-7-12/h5-9,11,14H,1,10H2,2-4H3/t11-/m0/s1. The topological polar surface area (TPSA) is 58.6 Å². The minimum absolute atomic E-state index is 0.237. The lowest BCUT2D eigenvalue weighted by Crippen LogP contribution is -2.41. The Kier molecular flexibility index (Phi) is 5.53. The second kappa shape index (κ2) is 6.70. The Bertz CT molecular complexity index is 511. The van der Waals surface area contributed by atoms with Gasteiger partial charge in [0.2, 0.25) is 0 Å². The molecule has 0 fully saturated rings. The van der Waals surface area contributed by atoms with Crippen molar-refractivity contribution >= 4 is 10.2 Å². The van der Waals surface area contributed by atoms with Gasteiger partial charge in [-0.2, -0.15) is 17.4 Å². The van der Waals surface area contributed by atoms with Crippen molar-refractivity contribution in [2.75, 3.05) is 14.2 Å². The molecule has 0 aromatic heterocycles. The lowest BCUT2D eigenvalue weighted by molar-refractivity contribution is 0.414. The Morgan fingerprint density at radius 2 is 2.00 bits per heavy atom. The van der Waals surface area contributed by atoms with Crippen molar-refractivity contribution in [3.8, 4) is 5.75 Å². The van der Waals surface area contributed by atoms with Crippen LogP contribution in [-0.2, 0) is 16.8 Å². The van der Waals surface area contributed by atoms with E-state index in [0.29, 0.717) is 0 Å². The van der Waals surface area contributed by atoms with E-state index in [0.717, 1.165) is 11.3 Å². The van der Waals surface area contributed by atoms with Crippen molar-refractivity contribution in [1.82, 2.24) is 9.03 Å². The van der Waals surface area contributed by atoms with Crippen molar-refractivity contribution in [3.63, 3.8) is 0 Å². The maximum absolute atomic E-state index is 12.0. The van der Waals surface area contributed by atoms with Crippen molar-refractivity contribution in [1.29, 1.82) is 0 Å². The van der Waals surface area contributed by atoms with Crippen molar-refractivity contribution < 1.29 is 13.2 Å². The number of likely N-dealkylation sites (N-methyl/N-ethyl adjacent to an activating group) is 1. The first-order valence-corrected chi connectivity index (χ1v) is 7.33.